The number of halogens is 2. The molecule has 0 saturated carbocycles. The van der Waals surface area contributed by atoms with Crippen LogP contribution in [0.3, 0.4) is 0 Å². The van der Waals surface area contributed by atoms with Crippen molar-refractivity contribution in [1.29, 1.82) is 0 Å². The van der Waals surface area contributed by atoms with Crippen LogP contribution < -0.4 is 10.2 Å². The molecule has 0 bridgehead atoms. The predicted molar refractivity (Wildman–Crippen MR) is 89.6 cm³/mol. The van der Waals surface area contributed by atoms with Gasteiger partial charge in [-0.15, -0.1) is 0 Å². The van der Waals surface area contributed by atoms with Crippen LogP contribution in [0.2, 0.25) is 10.0 Å². The van der Waals surface area contributed by atoms with Gasteiger partial charge in [0.2, 0.25) is 5.91 Å². The number of hydrogen-bond donors (Lipinski definition) is 1. The van der Waals surface area contributed by atoms with Crippen LogP contribution in [0.5, 0.6) is 0 Å². The molecule has 0 aliphatic heterocycles. The van der Waals surface area contributed by atoms with E-state index in [1.807, 2.05) is 43.3 Å². The Bertz CT molecular complexity index is 636. The number of rotatable bonds is 4. The Kier molecular flexibility index (Phi) is 5.10. The van der Waals surface area contributed by atoms with E-state index in [-0.39, 0.29) is 12.3 Å². The fourth-order valence-electron chi connectivity index (χ4n) is 2.03. The van der Waals surface area contributed by atoms with E-state index in [2.05, 4.69) is 5.32 Å². The summed E-state index contributed by atoms with van der Waals surface area (Å²) in [5.74, 6) is -0.153. The summed E-state index contributed by atoms with van der Waals surface area (Å²) in [7, 11) is 3.85. The Balaban J connectivity index is 2.16. The zero-order valence-corrected chi connectivity index (χ0v) is 13.4. The molecular formula is C16H16Cl2N2O. The maximum atomic E-state index is 12.2. The molecule has 0 aliphatic rings. The molecule has 5 heteroatoms. The maximum Gasteiger partial charge on any atom is 0.228 e. The van der Waals surface area contributed by atoms with Crippen molar-refractivity contribution in [2.45, 2.75) is 6.42 Å². The summed E-state index contributed by atoms with van der Waals surface area (Å²) < 4.78 is 0. The van der Waals surface area contributed by atoms with Crippen LogP contribution >= 0.6 is 23.2 Å². The molecule has 0 aromatic heterocycles. The number of amides is 1. The minimum Gasteiger partial charge on any atom is -0.376 e. The Hall–Kier alpha value is -1.71. The molecule has 2 aromatic rings. The van der Waals surface area contributed by atoms with Crippen LogP contribution in [0, 0.1) is 0 Å². The zero-order chi connectivity index (χ0) is 15.4. The Labute approximate surface area is 134 Å². The number of hydrogen-bond acceptors (Lipinski definition) is 2. The second-order valence-corrected chi connectivity index (χ2v) is 5.65. The molecule has 0 heterocycles. The number of nitrogens with zero attached hydrogens (tertiary/aromatic N) is 1. The van der Waals surface area contributed by atoms with Crippen molar-refractivity contribution in [3.8, 4) is 0 Å². The Morgan fingerprint density at radius 2 is 1.67 bits per heavy atom. The smallest absolute Gasteiger partial charge is 0.228 e. The molecule has 110 valence electrons. The molecule has 2 rings (SSSR count). The highest BCUT2D eigenvalue weighted by atomic mass is 35.5. The summed E-state index contributed by atoms with van der Waals surface area (Å²) in [6, 6.07) is 12.8. The molecule has 0 saturated heterocycles. The molecule has 1 N–H and O–H groups in total. The van der Waals surface area contributed by atoms with Crippen LogP contribution in [0.1, 0.15) is 5.56 Å². The summed E-state index contributed by atoms with van der Waals surface area (Å²) in [6.07, 6.45) is 0.139. The van der Waals surface area contributed by atoms with E-state index in [0.29, 0.717) is 15.6 Å². The first kappa shape index (κ1) is 15.7. The van der Waals surface area contributed by atoms with Crippen molar-refractivity contribution in [2.75, 3.05) is 24.3 Å². The molecule has 0 aliphatic carbocycles. The molecule has 0 radical (unpaired) electrons. The van der Waals surface area contributed by atoms with Gasteiger partial charge in [-0.25, -0.2) is 0 Å². The summed E-state index contributed by atoms with van der Waals surface area (Å²) in [5, 5.41) is 3.89. The van der Waals surface area contributed by atoms with Crippen molar-refractivity contribution in [3.63, 3.8) is 0 Å². The number of carbonyl (C=O) groups excluding carboxylic acids is 1. The minimum absolute atomic E-state index is 0.139. The average molecular weight is 323 g/mol. The zero-order valence-electron chi connectivity index (χ0n) is 11.9. The monoisotopic (exact) mass is 322 g/mol. The normalized spacial score (nSPS) is 10.3. The lowest BCUT2D eigenvalue weighted by molar-refractivity contribution is -0.115. The van der Waals surface area contributed by atoms with E-state index in [9.17, 15) is 4.79 Å². The third kappa shape index (κ3) is 3.90. The van der Waals surface area contributed by atoms with Crippen molar-refractivity contribution in [2.24, 2.45) is 0 Å². The lowest BCUT2D eigenvalue weighted by Crippen LogP contribution is -2.18. The number of para-hydroxylation sites is 2. The van der Waals surface area contributed by atoms with E-state index in [1.54, 1.807) is 18.2 Å². The SMILES string of the molecule is CN(C)c1ccccc1NC(=O)Cc1c(Cl)cccc1Cl. The van der Waals surface area contributed by atoms with Gasteiger partial charge in [0, 0.05) is 24.1 Å². The minimum atomic E-state index is -0.153. The van der Waals surface area contributed by atoms with E-state index >= 15 is 0 Å². The van der Waals surface area contributed by atoms with Gasteiger partial charge in [0.05, 0.1) is 17.8 Å². The van der Waals surface area contributed by atoms with Crippen molar-refractivity contribution < 1.29 is 4.79 Å². The van der Waals surface area contributed by atoms with Crippen LogP contribution in [0.25, 0.3) is 0 Å². The molecular weight excluding hydrogens is 307 g/mol. The van der Waals surface area contributed by atoms with E-state index in [4.69, 9.17) is 23.2 Å². The highest BCUT2D eigenvalue weighted by Crippen LogP contribution is 2.27. The van der Waals surface area contributed by atoms with Gasteiger partial charge < -0.3 is 10.2 Å². The molecule has 3 nitrogen and oxygen atoms in total. The molecule has 1 amide bonds. The third-order valence-corrected chi connectivity index (χ3v) is 3.77. The van der Waals surface area contributed by atoms with E-state index in [0.717, 1.165) is 11.4 Å². The number of benzene rings is 2. The van der Waals surface area contributed by atoms with Crippen LogP contribution in [0.4, 0.5) is 11.4 Å². The quantitative estimate of drug-likeness (QED) is 0.913. The first-order valence-electron chi connectivity index (χ1n) is 6.48. The predicted octanol–water partition coefficient (Wildman–Crippen LogP) is 4.24. The van der Waals surface area contributed by atoms with Crippen molar-refractivity contribution >= 4 is 40.5 Å². The lowest BCUT2D eigenvalue weighted by Gasteiger charge is -2.18. The highest BCUT2D eigenvalue weighted by Gasteiger charge is 2.12. The van der Waals surface area contributed by atoms with Gasteiger partial charge in [0.1, 0.15) is 0 Å². The van der Waals surface area contributed by atoms with Crippen molar-refractivity contribution in [3.05, 3.63) is 58.1 Å². The average Bonchev–Trinajstić information content (AvgIpc) is 2.43. The topological polar surface area (TPSA) is 32.3 Å². The summed E-state index contributed by atoms with van der Waals surface area (Å²) >= 11 is 12.2. The molecule has 0 unspecified atom stereocenters. The van der Waals surface area contributed by atoms with Gasteiger partial charge in [0.15, 0.2) is 0 Å². The van der Waals surface area contributed by atoms with Crippen LogP contribution in [0.15, 0.2) is 42.5 Å². The van der Waals surface area contributed by atoms with Gasteiger partial charge in [0.25, 0.3) is 0 Å². The first-order valence-corrected chi connectivity index (χ1v) is 7.23. The molecule has 21 heavy (non-hydrogen) atoms. The second kappa shape index (κ2) is 6.83. The Morgan fingerprint density at radius 3 is 2.29 bits per heavy atom. The van der Waals surface area contributed by atoms with Crippen molar-refractivity contribution in [1.82, 2.24) is 0 Å². The van der Waals surface area contributed by atoms with Gasteiger partial charge in [-0.1, -0.05) is 41.4 Å². The standard InChI is InChI=1S/C16H16Cl2N2O/c1-20(2)15-9-4-3-8-14(15)19-16(21)10-11-12(17)6-5-7-13(11)18/h3-9H,10H2,1-2H3,(H,19,21). The van der Waals surface area contributed by atoms with Gasteiger partial charge in [-0.2, -0.15) is 0 Å². The molecule has 0 spiro atoms. The highest BCUT2D eigenvalue weighted by molar-refractivity contribution is 6.36. The van der Waals surface area contributed by atoms with Gasteiger partial charge in [-0.3, -0.25) is 4.79 Å². The van der Waals surface area contributed by atoms with Crippen LogP contribution in [-0.2, 0) is 11.2 Å². The third-order valence-electron chi connectivity index (χ3n) is 3.06. The second-order valence-electron chi connectivity index (χ2n) is 4.84. The van der Waals surface area contributed by atoms with Gasteiger partial charge in [-0.05, 0) is 29.8 Å². The fourth-order valence-corrected chi connectivity index (χ4v) is 2.56. The van der Waals surface area contributed by atoms with Crippen LogP contribution in [-0.4, -0.2) is 20.0 Å². The maximum absolute atomic E-state index is 12.2. The Morgan fingerprint density at radius 1 is 1.05 bits per heavy atom. The summed E-state index contributed by atoms with van der Waals surface area (Å²) in [5.41, 5.74) is 2.34. The van der Waals surface area contributed by atoms with E-state index < -0.39 is 0 Å². The fraction of sp³-hybridized carbons (Fsp3) is 0.188. The molecule has 2 aromatic carbocycles. The number of carbonyl (C=O) groups is 1. The van der Waals surface area contributed by atoms with Gasteiger partial charge >= 0.3 is 0 Å². The summed E-state index contributed by atoms with van der Waals surface area (Å²) in [4.78, 5) is 14.2. The first-order chi connectivity index (χ1) is 9.99. The largest absolute Gasteiger partial charge is 0.376 e. The number of nitrogens with one attached hydrogen (secondary N) is 1. The molecule has 0 atom stereocenters. The molecule has 0 fully saturated rings. The van der Waals surface area contributed by atoms with E-state index in [1.165, 1.54) is 0 Å². The lowest BCUT2D eigenvalue weighted by atomic mass is 10.1. The number of anilines is 2. The summed E-state index contributed by atoms with van der Waals surface area (Å²) in [6.45, 7) is 0.